The minimum atomic E-state index is -3.84. The number of hydrogen-bond acceptors (Lipinski definition) is 17. The third-order valence-corrected chi connectivity index (χ3v) is 14.0. The van der Waals surface area contributed by atoms with E-state index in [0.29, 0.717) is 34.2 Å². The van der Waals surface area contributed by atoms with Gasteiger partial charge in [-0.3, -0.25) is 9.36 Å². The van der Waals surface area contributed by atoms with Crippen LogP contribution < -0.4 is 5.32 Å². The van der Waals surface area contributed by atoms with Gasteiger partial charge in [0, 0.05) is 17.9 Å². The molecule has 57 heavy (non-hydrogen) atoms. The highest BCUT2D eigenvalue weighted by atomic mass is 32.5. The summed E-state index contributed by atoms with van der Waals surface area (Å²) in [7, 11) is 1.30. The molecule has 0 radical (unpaired) electrons. The van der Waals surface area contributed by atoms with Crippen molar-refractivity contribution in [3.8, 4) is 6.07 Å². The number of imidazole rings is 1. The lowest BCUT2D eigenvalue weighted by Crippen LogP contribution is -2.43. The van der Waals surface area contributed by atoms with E-state index in [9.17, 15) is 19.7 Å². The number of benzene rings is 2. The fourth-order valence-electron chi connectivity index (χ4n) is 7.07. The highest BCUT2D eigenvalue weighted by Gasteiger charge is 2.48. The van der Waals surface area contributed by atoms with Crippen LogP contribution in [0, 0.1) is 23.2 Å². The van der Waals surface area contributed by atoms with Crippen molar-refractivity contribution in [2.45, 2.75) is 43.7 Å². The van der Waals surface area contributed by atoms with Crippen LogP contribution in [0.5, 0.6) is 0 Å². The predicted octanol–water partition coefficient (Wildman–Crippen LogP) is 4.59. The third kappa shape index (κ3) is 8.26. The third-order valence-electron chi connectivity index (χ3n) is 9.99. The number of amides is 1. The molecule has 8 atom stereocenters. The van der Waals surface area contributed by atoms with Gasteiger partial charge in [0.25, 0.3) is 5.91 Å². The van der Waals surface area contributed by atoms with Crippen LogP contribution in [0.3, 0.4) is 0 Å². The number of methoxy groups -OCH3 is 1. The first-order chi connectivity index (χ1) is 27.6. The van der Waals surface area contributed by atoms with E-state index >= 15 is 0 Å². The second-order valence-electron chi connectivity index (χ2n) is 13.3. The van der Waals surface area contributed by atoms with Crippen molar-refractivity contribution in [1.29, 1.82) is 5.26 Å². The Balaban J connectivity index is 1.04. The van der Waals surface area contributed by atoms with Gasteiger partial charge in [0.15, 0.2) is 17.0 Å². The summed E-state index contributed by atoms with van der Waals surface area (Å²) < 4.78 is 45.4. The average Bonchev–Trinajstić information content (AvgIpc) is 3.94. The maximum atomic E-state index is 12.9. The van der Waals surface area contributed by atoms with E-state index in [1.54, 1.807) is 51.7 Å². The monoisotopic (exact) mass is 855 g/mol. The number of anilines is 1. The second kappa shape index (κ2) is 16.6. The Kier molecular flexibility index (Phi) is 11.5. The van der Waals surface area contributed by atoms with Crippen LogP contribution >= 0.6 is 13.4 Å². The van der Waals surface area contributed by atoms with Gasteiger partial charge in [-0.2, -0.15) is 5.26 Å². The van der Waals surface area contributed by atoms with E-state index < -0.39 is 37.8 Å². The zero-order chi connectivity index (χ0) is 39.7. The van der Waals surface area contributed by atoms with E-state index in [2.05, 4.69) is 30.6 Å². The largest absolute Gasteiger partial charge is 0.465 e. The Morgan fingerprint density at radius 1 is 1.02 bits per heavy atom. The van der Waals surface area contributed by atoms with Crippen LogP contribution in [0.4, 0.5) is 5.82 Å². The summed E-state index contributed by atoms with van der Waals surface area (Å²) in [6.07, 6.45) is 1.21. The molecular formula is C34H35N9O10P2S2. The number of carbonyl (C=O) groups excluding carboxylic acids is 2. The Labute approximate surface area is 335 Å². The number of rotatable bonds is 8. The summed E-state index contributed by atoms with van der Waals surface area (Å²) in [4.78, 5) is 49.7. The molecule has 0 spiro atoms. The molecule has 2 saturated heterocycles. The van der Waals surface area contributed by atoms with Crippen molar-refractivity contribution in [3.63, 3.8) is 0 Å². The second-order valence-corrected chi connectivity index (χ2v) is 19.1. The molecule has 1 amide bonds. The smallest absolute Gasteiger partial charge is 0.340 e. The van der Waals surface area contributed by atoms with Crippen molar-refractivity contribution in [2.24, 2.45) is 11.8 Å². The fraction of sp³-hybridized carbons (Fsp3) is 0.412. The van der Waals surface area contributed by atoms with Crippen LogP contribution in [-0.4, -0.2) is 97.0 Å². The SMILES string of the molecule is COC(=O)c1cccc2c1nnn2[C@@H]1C[C@@H]2COP(=S)(OCCC#N)O[C@H]3C[C@H](n4cnc5c(NC(=O)c6ccccc6)ncnc54)O[C@@H]3COP(O)(=S)OC[C@H]21. The molecule has 2 N–H and O–H groups in total. The molecule has 3 aliphatic rings. The molecular weight excluding hydrogens is 821 g/mol. The van der Waals surface area contributed by atoms with Gasteiger partial charge in [-0.15, -0.1) is 5.10 Å². The van der Waals surface area contributed by atoms with Crippen molar-refractivity contribution < 1.29 is 46.6 Å². The van der Waals surface area contributed by atoms with E-state index in [4.69, 9.17) is 55.7 Å². The van der Waals surface area contributed by atoms with Gasteiger partial charge in [-0.25, -0.2) is 24.4 Å². The zero-order valence-electron chi connectivity index (χ0n) is 30.1. The lowest BCUT2D eigenvalue weighted by atomic mass is 9.70. The first kappa shape index (κ1) is 39.7. The average molecular weight is 856 g/mol. The van der Waals surface area contributed by atoms with Crippen LogP contribution in [0.2, 0.25) is 0 Å². The number of ether oxygens (including phenoxy) is 2. The van der Waals surface area contributed by atoms with Gasteiger partial charge in [0.2, 0.25) is 0 Å². The quantitative estimate of drug-likeness (QED) is 0.123. The lowest BCUT2D eigenvalue weighted by molar-refractivity contribution is -0.0397. The highest BCUT2D eigenvalue weighted by molar-refractivity contribution is 8.07. The molecule has 5 heterocycles. The van der Waals surface area contributed by atoms with Crippen molar-refractivity contribution in [1.82, 2.24) is 34.5 Å². The Morgan fingerprint density at radius 3 is 2.65 bits per heavy atom. The fourth-order valence-corrected chi connectivity index (χ4v) is 10.4. The normalized spacial score (nSPS) is 29.1. The molecule has 1 aliphatic carbocycles. The topological polar surface area (TPSA) is 229 Å². The van der Waals surface area contributed by atoms with E-state index in [0.717, 1.165) is 0 Å². The summed E-state index contributed by atoms with van der Waals surface area (Å²) >= 11 is 11.4. The van der Waals surface area contributed by atoms with Crippen molar-refractivity contribution >= 4 is 76.9 Å². The van der Waals surface area contributed by atoms with Gasteiger partial charge < -0.3 is 42.3 Å². The number of nitrogens with zero attached hydrogens (tertiary/aromatic N) is 8. The maximum absolute atomic E-state index is 12.9. The zero-order valence-corrected chi connectivity index (χ0v) is 33.5. The number of esters is 1. The van der Waals surface area contributed by atoms with E-state index in [1.165, 1.54) is 19.8 Å². The van der Waals surface area contributed by atoms with Crippen LogP contribution in [-0.2, 0) is 55.7 Å². The number of aromatic nitrogens is 7. The van der Waals surface area contributed by atoms with Gasteiger partial charge in [-0.1, -0.05) is 29.5 Å². The molecule has 19 nitrogen and oxygen atoms in total. The molecule has 3 fully saturated rings. The summed E-state index contributed by atoms with van der Waals surface area (Å²) in [6.45, 7) is -7.59. The minimum Gasteiger partial charge on any atom is -0.465 e. The molecule has 3 aromatic heterocycles. The maximum Gasteiger partial charge on any atom is 0.340 e. The molecule has 23 heteroatoms. The number of nitrogens with one attached hydrogen (secondary N) is 1. The number of fused-ring (bicyclic) bond motifs is 4. The predicted molar refractivity (Wildman–Crippen MR) is 207 cm³/mol. The molecule has 0 bridgehead atoms. The lowest BCUT2D eigenvalue weighted by Gasteiger charge is -2.44. The Morgan fingerprint density at radius 2 is 1.84 bits per heavy atom. The van der Waals surface area contributed by atoms with Crippen molar-refractivity contribution in [2.75, 3.05) is 38.9 Å². The van der Waals surface area contributed by atoms with Gasteiger partial charge in [-0.05, 0) is 60.2 Å². The van der Waals surface area contributed by atoms with E-state index in [1.807, 2.05) is 12.1 Å². The van der Waals surface area contributed by atoms with Gasteiger partial charge in [0.1, 0.15) is 24.2 Å². The molecule has 298 valence electrons. The number of hydrogen-bond donors (Lipinski definition) is 2. The number of carbonyl (C=O) groups is 2. The molecule has 8 rings (SSSR count). The van der Waals surface area contributed by atoms with Crippen LogP contribution in [0.1, 0.15) is 52.2 Å². The molecule has 2 aromatic carbocycles. The Hall–Kier alpha value is -4.16. The summed E-state index contributed by atoms with van der Waals surface area (Å²) in [6, 6.07) is 15.6. The van der Waals surface area contributed by atoms with Gasteiger partial charge in [0.05, 0.1) is 75.6 Å². The van der Waals surface area contributed by atoms with Crippen molar-refractivity contribution in [3.05, 3.63) is 72.3 Å². The molecule has 1 saturated carbocycles. The molecule has 2 aliphatic heterocycles. The summed E-state index contributed by atoms with van der Waals surface area (Å²) in [5.74, 6) is -1.19. The number of nitriles is 1. The van der Waals surface area contributed by atoms with Crippen LogP contribution in [0.25, 0.3) is 22.2 Å². The summed E-state index contributed by atoms with van der Waals surface area (Å²) in [5.41, 5.74) is 2.42. The first-order valence-electron chi connectivity index (χ1n) is 17.7. The van der Waals surface area contributed by atoms with Crippen LogP contribution in [0.15, 0.2) is 61.2 Å². The molecule has 5 aromatic rings. The van der Waals surface area contributed by atoms with E-state index in [-0.39, 0.29) is 74.4 Å². The summed E-state index contributed by atoms with van der Waals surface area (Å²) in [5, 5.41) is 20.7. The minimum absolute atomic E-state index is 0.0228. The first-order valence-corrected chi connectivity index (χ1v) is 22.9. The standard InChI is InChI=1S/C34H35N9O10P2S2/c1-47-34(45)22-9-5-10-24-29(22)40-41-43(24)25-13-21-15-51-55(57,48-12-6-11-35)53-26-14-28(52-27(26)17-50-54(46,56)49-16-23(21)25)42-19-38-30-31(36-18-37-32(30)42)39-33(44)20-7-3-2-4-8-20/h2-5,7-10,18-19,21,23,25-28H,6,12-17H2,1H3,(H,46,56)(H,36,37,39,44)/t21-,23-,25-,26+,27-,28-,54?,55?/m1/s1. The molecule has 2 unspecified atom stereocenters. The highest BCUT2D eigenvalue weighted by Crippen LogP contribution is 2.57. The Bertz CT molecular complexity index is 2450. The van der Waals surface area contributed by atoms with Gasteiger partial charge >= 0.3 is 19.4 Å².